The first-order valence-electron chi connectivity index (χ1n) is 7.96. The van der Waals surface area contributed by atoms with Crippen molar-refractivity contribution >= 4 is 17.1 Å². The number of benzene rings is 2. The van der Waals surface area contributed by atoms with Crippen LogP contribution in [-0.4, -0.2) is 19.1 Å². The van der Waals surface area contributed by atoms with Gasteiger partial charge < -0.3 is 15.6 Å². The van der Waals surface area contributed by atoms with E-state index < -0.39 is 0 Å². The lowest BCUT2D eigenvalue weighted by molar-refractivity contribution is 0.510. The maximum Gasteiger partial charge on any atom is 0.0826 e. The molecule has 4 nitrogen and oxygen atoms in total. The summed E-state index contributed by atoms with van der Waals surface area (Å²) in [4.78, 5) is 2.22. The van der Waals surface area contributed by atoms with E-state index in [1.165, 1.54) is 5.56 Å². The summed E-state index contributed by atoms with van der Waals surface area (Å²) in [5, 5.41) is 1.61. The molecule has 0 atom stereocenters. The van der Waals surface area contributed by atoms with E-state index in [0.717, 1.165) is 29.1 Å². The molecule has 0 radical (unpaired) electrons. The minimum atomic E-state index is 0.703. The molecule has 0 amide bonds. The van der Waals surface area contributed by atoms with Crippen LogP contribution in [0.3, 0.4) is 0 Å². The topological polar surface area (TPSA) is 58.5 Å². The summed E-state index contributed by atoms with van der Waals surface area (Å²) in [5.74, 6) is 6.07. The normalized spacial score (nSPS) is 16.3. The van der Waals surface area contributed by atoms with Gasteiger partial charge in [0.15, 0.2) is 0 Å². The Balaban J connectivity index is 0.000000924. The van der Waals surface area contributed by atoms with Crippen molar-refractivity contribution in [1.82, 2.24) is 5.01 Å². The van der Waals surface area contributed by atoms with E-state index in [0.29, 0.717) is 5.70 Å². The summed E-state index contributed by atoms with van der Waals surface area (Å²) in [5.41, 5.74) is 12.5. The molecule has 4 N–H and O–H groups in total. The quantitative estimate of drug-likeness (QED) is 0.627. The molecule has 1 aliphatic rings. The Labute approximate surface area is 139 Å². The monoisotopic (exact) mass is 310 g/mol. The van der Waals surface area contributed by atoms with Crippen LogP contribution < -0.4 is 16.5 Å². The second-order valence-electron chi connectivity index (χ2n) is 5.40. The fourth-order valence-corrected chi connectivity index (χ4v) is 2.92. The van der Waals surface area contributed by atoms with Crippen molar-refractivity contribution in [2.75, 3.05) is 19.0 Å². The number of hydrogen-bond donors (Lipinski definition) is 2. The second kappa shape index (κ2) is 7.20. The highest BCUT2D eigenvalue weighted by Crippen LogP contribution is 2.34. The lowest BCUT2D eigenvalue weighted by Crippen LogP contribution is -2.30. The minimum Gasteiger partial charge on any atom is -0.396 e. The van der Waals surface area contributed by atoms with E-state index in [9.17, 15) is 0 Å². The minimum absolute atomic E-state index is 0.703. The van der Waals surface area contributed by atoms with Gasteiger partial charge in [0.1, 0.15) is 0 Å². The number of nitrogens with two attached hydrogens (primary N) is 2. The first kappa shape index (κ1) is 16.9. The summed E-state index contributed by atoms with van der Waals surface area (Å²) >= 11 is 0. The molecule has 0 bridgehead atoms. The molecular formula is C19H26N4. The van der Waals surface area contributed by atoms with Crippen molar-refractivity contribution in [2.45, 2.75) is 20.4 Å². The Morgan fingerprint density at radius 1 is 0.957 bits per heavy atom. The van der Waals surface area contributed by atoms with Crippen molar-refractivity contribution in [2.24, 2.45) is 11.6 Å². The van der Waals surface area contributed by atoms with Crippen molar-refractivity contribution in [3.8, 4) is 0 Å². The summed E-state index contributed by atoms with van der Waals surface area (Å²) in [6.07, 6.45) is 0. The highest BCUT2D eigenvalue weighted by atomic mass is 15.4. The van der Waals surface area contributed by atoms with Gasteiger partial charge in [-0.3, -0.25) is 0 Å². The van der Waals surface area contributed by atoms with Crippen LogP contribution in [0, 0.1) is 0 Å². The number of para-hydroxylation sites is 1. The molecule has 0 fully saturated rings. The van der Waals surface area contributed by atoms with Crippen LogP contribution in [0.2, 0.25) is 0 Å². The Kier molecular flexibility index (Phi) is 5.29. The first-order valence-corrected chi connectivity index (χ1v) is 7.96. The van der Waals surface area contributed by atoms with Gasteiger partial charge in [-0.05, 0) is 11.6 Å². The molecule has 3 rings (SSSR count). The average molecular weight is 310 g/mol. The predicted octanol–water partition coefficient (Wildman–Crippen LogP) is 3.25. The molecular weight excluding hydrogens is 284 g/mol. The molecule has 23 heavy (non-hydrogen) atoms. The standard InChI is InChI=1S/C17H20N4.C2H6/c1-20-11-12-7-3-4-8-13(12)17(21(2)19)16(18)14-9-5-6-10-15(14)20;1-2/h3-10H,11,18-19H2,1-2H3;1-2H3/b17-16-;. The molecule has 0 saturated heterocycles. The summed E-state index contributed by atoms with van der Waals surface area (Å²) in [6.45, 7) is 4.82. The molecule has 2 aromatic rings. The van der Waals surface area contributed by atoms with Crippen molar-refractivity contribution < 1.29 is 0 Å². The molecule has 1 aliphatic heterocycles. The molecule has 1 heterocycles. The van der Waals surface area contributed by atoms with Gasteiger partial charge in [-0.1, -0.05) is 56.3 Å². The Morgan fingerprint density at radius 3 is 2.17 bits per heavy atom. The maximum absolute atomic E-state index is 6.47. The van der Waals surface area contributed by atoms with Crippen LogP contribution in [0.1, 0.15) is 30.5 Å². The Hall–Kier alpha value is -2.46. The summed E-state index contributed by atoms with van der Waals surface area (Å²) < 4.78 is 0. The summed E-state index contributed by atoms with van der Waals surface area (Å²) in [6, 6.07) is 16.4. The van der Waals surface area contributed by atoms with Crippen LogP contribution >= 0.6 is 0 Å². The highest BCUT2D eigenvalue weighted by molar-refractivity contribution is 5.93. The van der Waals surface area contributed by atoms with Gasteiger partial charge in [-0.25, -0.2) is 5.84 Å². The lowest BCUT2D eigenvalue weighted by atomic mass is 9.96. The van der Waals surface area contributed by atoms with Gasteiger partial charge in [0, 0.05) is 37.5 Å². The smallest absolute Gasteiger partial charge is 0.0826 e. The molecule has 2 aromatic carbocycles. The number of rotatable bonds is 1. The van der Waals surface area contributed by atoms with E-state index in [-0.39, 0.29) is 0 Å². The third-order valence-corrected chi connectivity index (χ3v) is 3.89. The number of anilines is 1. The van der Waals surface area contributed by atoms with E-state index >= 15 is 0 Å². The number of nitrogens with zero attached hydrogens (tertiary/aromatic N) is 2. The van der Waals surface area contributed by atoms with Crippen LogP contribution in [0.5, 0.6) is 0 Å². The molecule has 0 spiro atoms. The van der Waals surface area contributed by atoms with Crippen LogP contribution in [-0.2, 0) is 6.54 Å². The van der Waals surface area contributed by atoms with Gasteiger partial charge in [0.25, 0.3) is 0 Å². The molecule has 0 aromatic heterocycles. The Morgan fingerprint density at radius 2 is 1.52 bits per heavy atom. The molecule has 4 heteroatoms. The zero-order valence-electron chi connectivity index (χ0n) is 14.4. The molecule has 0 unspecified atom stereocenters. The van der Waals surface area contributed by atoms with Gasteiger partial charge in [0.2, 0.25) is 0 Å². The van der Waals surface area contributed by atoms with E-state index in [4.69, 9.17) is 11.6 Å². The van der Waals surface area contributed by atoms with Gasteiger partial charge >= 0.3 is 0 Å². The van der Waals surface area contributed by atoms with Crippen molar-refractivity contribution in [3.63, 3.8) is 0 Å². The van der Waals surface area contributed by atoms with Gasteiger partial charge in [-0.15, -0.1) is 0 Å². The molecule has 0 aliphatic carbocycles. The third kappa shape index (κ3) is 3.17. The fourth-order valence-electron chi connectivity index (χ4n) is 2.92. The van der Waals surface area contributed by atoms with E-state index in [1.54, 1.807) is 5.01 Å². The zero-order valence-corrected chi connectivity index (χ0v) is 14.4. The van der Waals surface area contributed by atoms with Gasteiger partial charge in [0.05, 0.1) is 11.4 Å². The zero-order chi connectivity index (χ0) is 17.0. The number of fused-ring (bicyclic) bond motifs is 2. The number of hydrogen-bond acceptors (Lipinski definition) is 4. The largest absolute Gasteiger partial charge is 0.396 e. The number of hydrazine groups is 1. The molecule has 0 saturated carbocycles. The van der Waals surface area contributed by atoms with E-state index in [1.807, 2.05) is 51.2 Å². The van der Waals surface area contributed by atoms with Crippen LogP contribution in [0.4, 0.5) is 5.69 Å². The van der Waals surface area contributed by atoms with E-state index in [2.05, 4.69) is 30.1 Å². The average Bonchev–Trinajstić information content (AvgIpc) is 2.57. The SMILES string of the molecule is CC.CN(N)/C1=C(\N)c2ccccc2N(C)Cc2ccccc21. The first-order chi connectivity index (χ1) is 11.1. The predicted molar refractivity (Wildman–Crippen MR) is 99.3 cm³/mol. The Bertz CT molecular complexity index is 704. The van der Waals surface area contributed by atoms with Crippen molar-refractivity contribution in [1.29, 1.82) is 0 Å². The van der Waals surface area contributed by atoms with Crippen LogP contribution in [0.25, 0.3) is 11.4 Å². The highest BCUT2D eigenvalue weighted by Gasteiger charge is 2.21. The molecule has 122 valence electrons. The second-order valence-corrected chi connectivity index (χ2v) is 5.40. The fraction of sp³-hybridized carbons (Fsp3) is 0.263. The lowest BCUT2D eigenvalue weighted by Gasteiger charge is -2.30. The maximum atomic E-state index is 6.47. The summed E-state index contributed by atoms with van der Waals surface area (Å²) in [7, 11) is 3.91. The van der Waals surface area contributed by atoms with Crippen molar-refractivity contribution in [3.05, 3.63) is 65.2 Å². The third-order valence-electron chi connectivity index (χ3n) is 3.89. The van der Waals surface area contributed by atoms with Gasteiger partial charge in [-0.2, -0.15) is 0 Å². The van der Waals surface area contributed by atoms with Crippen LogP contribution in [0.15, 0.2) is 48.5 Å².